The lowest BCUT2D eigenvalue weighted by molar-refractivity contribution is 0.101. The zero-order valence-corrected chi connectivity index (χ0v) is 13.7. The van der Waals surface area contributed by atoms with Crippen molar-refractivity contribution in [1.82, 2.24) is 4.98 Å². The van der Waals surface area contributed by atoms with Crippen molar-refractivity contribution in [2.24, 2.45) is 4.99 Å². The topological polar surface area (TPSA) is 65.4 Å². The third-order valence-corrected chi connectivity index (χ3v) is 4.40. The number of aliphatic imine (C=N–C) groups is 1. The van der Waals surface area contributed by atoms with Crippen LogP contribution < -0.4 is 0 Å². The Hall–Kier alpha value is -2.56. The summed E-state index contributed by atoms with van der Waals surface area (Å²) in [7, 11) is 0. The summed E-state index contributed by atoms with van der Waals surface area (Å²) in [4.78, 5) is 19.4. The van der Waals surface area contributed by atoms with Gasteiger partial charge in [0.1, 0.15) is 0 Å². The number of rotatable bonds is 2. The van der Waals surface area contributed by atoms with E-state index in [4.69, 9.17) is 23.2 Å². The predicted molar refractivity (Wildman–Crippen MR) is 101 cm³/mol. The smallest absolute Gasteiger partial charge is 0.280 e. The van der Waals surface area contributed by atoms with Crippen molar-refractivity contribution in [3.05, 3.63) is 75.3 Å². The Balaban J connectivity index is 0.00000182. The minimum absolute atomic E-state index is 0. The van der Waals surface area contributed by atoms with Crippen molar-refractivity contribution in [1.29, 1.82) is 0 Å². The molecule has 4 nitrogen and oxygen atoms in total. The van der Waals surface area contributed by atoms with Gasteiger partial charge in [0.15, 0.2) is 5.88 Å². The van der Waals surface area contributed by atoms with Crippen LogP contribution in [0.25, 0.3) is 11.3 Å². The van der Waals surface area contributed by atoms with E-state index in [1.54, 1.807) is 48.5 Å². The quantitative estimate of drug-likeness (QED) is 0.638. The summed E-state index contributed by atoms with van der Waals surface area (Å²) >= 11 is 11.8. The molecule has 126 valence electrons. The largest absolute Gasteiger partial charge is 0.494 e. The molecule has 2 aromatic carbocycles. The Kier molecular flexibility index (Phi) is 4.41. The first-order chi connectivity index (χ1) is 11.5. The van der Waals surface area contributed by atoms with Crippen LogP contribution in [0.5, 0.6) is 5.88 Å². The maximum Gasteiger partial charge on any atom is 0.280 e. The van der Waals surface area contributed by atoms with Gasteiger partial charge in [0.05, 0.1) is 22.5 Å². The van der Waals surface area contributed by atoms with E-state index >= 15 is 0 Å². The lowest BCUT2D eigenvalue weighted by atomic mass is 10.0. The van der Waals surface area contributed by atoms with Crippen molar-refractivity contribution < 1.29 is 9.90 Å². The minimum Gasteiger partial charge on any atom is -0.494 e. The number of aromatic hydroxyl groups is 1. The zero-order chi connectivity index (χ0) is 16.8. The molecule has 0 radical (unpaired) electrons. The van der Waals surface area contributed by atoms with Gasteiger partial charge < -0.3 is 10.1 Å². The third kappa shape index (κ3) is 2.84. The van der Waals surface area contributed by atoms with Crippen molar-refractivity contribution in [3.8, 4) is 17.1 Å². The van der Waals surface area contributed by atoms with Gasteiger partial charge in [0.2, 0.25) is 0 Å². The maximum absolute atomic E-state index is 12.4. The lowest BCUT2D eigenvalue weighted by Gasteiger charge is -2.01. The molecule has 0 saturated heterocycles. The highest BCUT2D eigenvalue weighted by molar-refractivity contribution is 6.32. The molecule has 1 amide bonds. The number of carbonyl (C=O) groups is 1. The molecule has 1 aliphatic rings. The van der Waals surface area contributed by atoms with E-state index < -0.39 is 5.91 Å². The van der Waals surface area contributed by atoms with E-state index in [1.807, 2.05) is 0 Å². The van der Waals surface area contributed by atoms with Crippen LogP contribution in [0.4, 0.5) is 0 Å². The van der Waals surface area contributed by atoms with Crippen LogP contribution >= 0.6 is 23.2 Å². The van der Waals surface area contributed by atoms with Crippen LogP contribution in [0, 0.1) is 0 Å². The van der Waals surface area contributed by atoms with Gasteiger partial charge in [-0.3, -0.25) is 4.79 Å². The summed E-state index contributed by atoms with van der Waals surface area (Å²) < 4.78 is 0. The predicted octanol–water partition coefficient (Wildman–Crippen LogP) is 5.32. The van der Waals surface area contributed by atoms with E-state index in [2.05, 4.69) is 9.98 Å². The highest BCUT2D eigenvalue weighted by Crippen LogP contribution is 2.38. The number of nitrogens with one attached hydrogen (secondary N) is 1. The molecule has 2 N–H and O–H groups in total. The fourth-order valence-corrected chi connectivity index (χ4v) is 3.05. The Morgan fingerprint density at radius 2 is 1.36 bits per heavy atom. The number of fused-ring (bicyclic) bond motifs is 1. The van der Waals surface area contributed by atoms with Crippen LogP contribution in [0.1, 0.15) is 28.9 Å². The van der Waals surface area contributed by atoms with E-state index in [9.17, 15) is 9.90 Å². The number of hydrogen-bond donors (Lipinski definition) is 2. The first kappa shape index (κ1) is 17.3. The van der Waals surface area contributed by atoms with Crippen LogP contribution in [0.15, 0.2) is 53.5 Å². The molecular weight excluding hydrogens is 359 g/mol. The van der Waals surface area contributed by atoms with E-state index in [-0.39, 0.29) is 13.3 Å². The van der Waals surface area contributed by atoms with Crippen LogP contribution in [-0.2, 0) is 0 Å². The van der Waals surface area contributed by atoms with Gasteiger partial charge in [0.25, 0.3) is 5.91 Å². The maximum atomic E-state index is 12.4. The monoisotopic (exact) mass is 372 g/mol. The number of H-pyrrole nitrogens is 1. The molecule has 6 heteroatoms. The van der Waals surface area contributed by atoms with Gasteiger partial charge in [-0.15, -0.1) is 0 Å². The van der Waals surface area contributed by atoms with Gasteiger partial charge in [-0.2, -0.15) is 0 Å². The number of nitrogens with zero attached hydrogens (tertiary/aromatic N) is 1. The van der Waals surface area contributed by atoms with E-state index in [0.717, 1.165) is 5.56 Å². The van der Waals surface area contributed by atoms with Gasteiger partial charge >= 0.3 is 0 Å². The van der Waals surface area contributed by atoms with Crippen molar-refractivity contribution in [2.45, 2.75) is 7.43 Å². The second-order valence-electron chi connectivity index (χ2n) is 5.38. The number of aromatic amines is 1. The van der Waals surface area contributed by atoms with Gasteiger partial charge in [-0.1, -0.05) is 54.9 Å². The Morgan fingerprint density at radius 3 is 1.92 bits per heavy atom. The molecule has 0 aliphatic carbocycles. The number of aromatic nitrogens is 1. The van der Waals surface area contributed by atoms with Crippen LogP contribution in [-0.4, -0.2) is 21.7 Å². The molecule has 0 saturated carbocycles. The molecule has 2 heterocycles. The molecule has 4 rings (SSSR count). The first-order valence-corrected chi connectivity index (χ1v) is 7.90. The molecular formula is C19H14Cl2N2O2. The van der Waals surface area contributed by atoms with Gasteiger partial charge in [0, 0.05) is 15.6 Å². The molecule has 1 aromatic heterocycles. The number of halogens is 2. The summed E-state index contributed by atoms with van der Waals surface area (Å²) in [6.45, 7) is 0. The molecule has 0 bridgehead atoms. The molecule has 0 atom stereocenters. The van der Waals surface area contributed by atoms with Gasteiger partial charge in [-0.05, 0) is 29.8 Å². The number of carbonyl (C=O) groups excluding carboxylic acids is 1. The molecule has 1 aliphatic heterocycles. The van der Waals surface area contributed by atoms with E-state index in [0.29, 0.717) is 38.1 Å². The van der Waals surface area contributed by atoms with E-state index in [1.165, 1.54) is 0 Å². The minimum atomic E-state index is -0.392. The summed E-state index contributed by atoms with van der Waals surface area (Å²) in [6, 6.07) is 14.0. The fraction of sp³-hybridized carbons (Fsp3) is 0.0526. The summed E-state index contributed by atoms with van der Waals surface area (Å²) in [5.41, 5.74) is 3.19. The zero-order valence-electron chi connectivity index (χ0n) is 12.2. The number of hydrogen-bond acceptors (Lipinski definition) is 2. The lowest BCUT2D eigenvalue weighted by Crippen LogP contribution is -1.99. The third-order valence-electron chi connectivity index (χ3n) is 3.89. The van der Waals surface area contributed by atoms with Crippen LogP contribution in [0.3, 0.4) is 0 Å². The summed E-state index contributed by atoms with van der Waals surface area (Å²) in [6.07, 6.45) is 0. The molecule has 0 unspecified atom stereocenters. The average molecular weight is 373 g/mol. The highest BCUT2D eigenvalue weighted by Gasteiger charge is 2.33. The molecule has 25 heavy (non-hydrogen) atoms. The normalized spacial score (nSPS) is 12.6. The van der Waals surface area contributed by atoms with Crippen molar-refractivity contribution >= 4 is 34.8 Å². The molecule has 0 spiro atoms. The second-order valence-corrected chi connectivity index (χ2v) is 6.25. The summed E-state index contributed by atoms with van der Waals surface area (Å²) in [5, 5.41) is 11.5. The average Bonchev–Trinajstić information content (AvgIpc) is 3.08. The molecule has 3 aromatic rings. The fourth-order valence-electron chi connectivity index (χ4n) is 2.79. The Bertz CT molecular complexity index is 988. The van der Waals surface area contributed by atoms with Crippen LogP contribution in [0.2, 0.25) is 10.0 Å². The van der Waals surface area contributed by atoms with Gasteiger partial charge in [-0.25, -0.2) is 4.99 Å². The highest BCUT2D eigenvalue weighted by atomic mass is 35.5. The standard InChI is InChI=1S/C18H10Cl2N2O2.CH4/c19-11-5-1-9(2-6-11)15-13-14(18(24)21-15)16(22-17(13)23)10-3-7-12(20)8-4-10;/h1-8,21,24H;1H4. The second kappa shape index (κ2) is 6.39. The number of amides is 1. The number of benzene rings is 2. The summed E-state index contributed by atoms with van der Waals surface area (Å²) in [5.74, 6) is -0.481. The molecule has 0 fully saturated rings. The Labute approximate surface area is 154 Å². The SMILES string of the molecule is C.O=C1N=C(c2ccc(Cl)cc2)c2c(O)[nH]c(-c3ccc(Cl)cc3)c21. The Morgan fingerprint density at radius 1 is 0.840 bits per heavy atom. The van der Waals surface area contributed by atoms with Crippen molar-refractivity contribution in [2.75, 3.05) is 0 Å². The first-order valence-electron chi connectivity index (χ1n) is 7.15. The van der Waals surface area contributed by atoms with Crippen molar-refractivity contribution in [3.63, 3.8) is 0 Å².